The summed E-state index contributed by atoms with van der Waals surface area (Å²) in [6.45, 7) is 5.30. The molecular weight excluding hydrogens is 165 g/mol. The Morgan fingerprint density at radius 2 is 1.85 bits per heavy atom. The van der Waals surface area contributed by atoms with Crippen molar-refractivity contribution in [1.29, 1.82) is 0 Å². The maximum absolute atomic E-state index is 13.2. The average molecular weight is 181 g/mol. The van der Waals surface area contributed by atoms with E-state index in [1.54, 1.807) is 6.07 Å². The third-order valence-electron chi connectivity index (χ3n) is 2.08. The van der Waals surface area contributed by atoms with Gasteiger partial charge in [0.05, 0.1) is 0 Å². The monoisotopic (exact) mass is 181 g/mol. The highest BCUT2D eigenvalue weighted by Crippen LogP contribution is 2.27. The molecule has 2 N–H and O–H groups in total. The number of alkyl halides is 1. The molecule has 0 heterocycles. The number of benzene rings is 1. The molecule has 1 rings (SSSR count). The van der Waals surface area contributed by atoms with Crippen molar-refractivity contribution in [3.05, 3.63) is 35.4 Å². The summed E-state index contributed by atoms with van der Waals surface area (Å²) in [6.07, 6.45) is -0.959. The molecule has 0 saturated carbocycles. The van der Waals surface area contributed by atoms with Crippen molar-refractivity contribution in [3.63, 3.8) is 0 Å². The minimum Gasteiger partial charge on any atom is -0.322 e. The SMILES string of the molecule is CC(F)c1ccccc1C(C)(C)N. The first-order valence-corrected chi connectivity index (χ1v) is 4.45. The van der Waals surface area contributed by atoms with Crippen LogP contribution in [0.5, 0.6) is 0 Å². The molecule has 1 nitrogen and oxygen atoms in total. The van der Waals surface area contributed by atoms with E-state index in [0.717, 1.165) is 5.56 Å². The molecule has 0 aliphatic carbocycles. The molecule has 13 heavy (non-hydrogen) atoms. The van der Waals surface area contributed by atoms with E-state index in [0.29, 0.717) is 5.56 Å². The predicted molar refractivity (Wildman–Crippen MR) is 53.2 cm³/mol. The van der Waals surface area contributed by atoms with Crippen LogP contribution in [0.4, 0.5) is 4.39 Å². The summed E-state index contributed by atoms with van der Waals surface area (Å²) in [7, 11) is 0. The van der Waals surface area contributed by atoms with Crippen LogP contribution in [0.15, 0.2) is 24.3 Å². The van der Waals surface area contributed by atoms with Gasteiger partial charge in [-0.1, -0.05) is 24.3 Å². The van der Waals surface area contributed by atoms with E-state index in [1.165, 1.54) is 6.92 Å². The molecule has 1 aromatic carbocycles. The lowest BCUT2D eigenvalue weighted by atomic mass is 9.89. The highest BCUT2D eigenvalue weighted by molar-refractivity contribution is 5.33. The van der Waals surface area contributed by atoms with Crippen molar-refractivity contribution in [2.24, 2.45) is 5.73 Å². The number of nitrogens with two attached hydrogens (primary N) is 1. The molecule has 0 fully saturated rings. The van der Waals surface area contributed by atoms with Crippen molar-refractivity contribution >= 4 is 0 Å². The molecule has 1 atom stereocenters. The molecule has 0 saturated heterocycles. The molecule has 0 aliphatic rings. The normalized spacial score (nSPS) is 14.2. The zero-order valence-corrected chi connectivity index (χ0v) is 8.34. The lowest BCUT2D eigenvalue weighted by Crippen LogP contribution is -2.30. The first-order chi connectivity index (χ1) is 5.93. The molecule has 0 radical (unpaired) electrons. The summed E-state index contributed by atoms with van der Waals surface area (Å²) >= 11 is 0. The minimum absolute atomic E-state index is 0.475. The summed E-state index contributed by atoms with van der Waals surface area (Å²) in [5, 5.41) is 0. The van der Waals surface area contributed by atoms with Gasteiger partial charge >= 0.3 is 0 Å². The molecule has 0 bridgehead atoms. The molecule has 72 valence electrons. The fourth-order valence-electron chi connectivity index (χ4n) is 1.43. The lowest BCUT2D eigenvalue weighted by Gasteiger charge is -2.23. The van der Waals surface area contributed by atoms with Crippen molar-refractivity contribution in [2.45, 2.75) is 32.5 Å². The van der Waals surface area contributed by atoms with Gasteiger partial charge in [0, 0.05) is 5.54 Å². The van der Waals surface area contributed by atoms with E-state index < -0.39 is 11.7 Å². The smallest absolute Gasteiger partial charge is 0.123 e. The van der Waals surface area contributed by atoms with Gasteiger partial charge in [0.25, 0.3) is 0 Å². The van der Waals surface area contributed by atoms with Crippen LogP contribution >= 0.6 is 0 Å². The highest BCUT2D eigenvalue weighted by Gasteiger charge is 2.20. The van der Waals surface area contributed by atoms with Gasteiger partial charge in [-0.15, -0.1) is 0 Å². The van der Waals surface area contributed by atoms with Crippen molar-refractivity contribution in [2.75, 3.05) is 0 Å². The van der Waals surface area contributed by atoms with Gasteiger partial charge in [-0.25, -0.2) is 4.39 Å². The van der Waals surface area contributed by atoms with Crippen molar-refractivity contribution < 1.29 is 4.39 Å². The number of hydrogen-bond donors (Lipinski definition) is 1. The van der Waals surface area contributed by atoms with Crippen molar-refractivity contribution in [1.82, 2.24) is 0 Å². The second-order valence-corrected chi connectivity index (χ2v) is 3.92. The van der Waals surface area contributed by atoms with E-state index in [-0.39, 0.29) is 0 Å². The zero-order valence-electron chi connectivity index (χ0n) is 8.34. The highest BCUT2D eigenvalue weighted by atomic mass is 19.1. The molecule has 0 spiro atoms. The average Bonchev–Trinajstić information content (AvgIpc) is 2.03. The van der Waals surface area contributed by atoms with Crippen LogP contribution in [0.25, 0.3) is 0 Å². The van der Waals surface area contributed by atoms with Crippen LogP contribution in [0.2, 0.25) is 0 Å². The largest absolute Gasteiger partial charge is 0.322 e. The third kappa shape index (κ3) is 2.28. The molecule has 2 heteroatoms. The summed E-state index contributed by atoms with van der Waals surface area (Å²) in [6, 6.07) is 7.39. The lowest BCUT2D eigenvalue weighted by molar-refractivity contribution is 0.365. The fourth-order valence-corrected chi connectivity index (χ4v) is 1.43. The van der Waals surface area contributed by atoms with E-state index in [9.17, 15) is 4.39 Å². The van der Waals surface area contributed by atoms with Gasteiger partial charge in [-0.05, 0) is 31.9 Å². The molecule has 0 amide bonds. The Bertz CT molecular complexity index is 286. The molecule has 0 aliphatic heterocycles. The Morgan fingerprint density at radius 1 is 1.31 bits per heavy atom. The Morgan fingerprint density at radius 3 is 2.23 bits per heavy atom. The number of halogens is 1. The topological polar surface area (TPSA) is 26.0 Å². The number of rotatable bonds is 2. The Labute approximate surface area is 78.8 Å². The van der Waals surface area contributed by atoms with Crippen LogP contribution < -0.4 is 5.73 Å². The van der Waals surface area contributed by atoms with Gasteiger partial charge in [-0.2, -0.15) is 0 Å². The van der Waals surface area contributed by atoms with E-state index in [4.69, 9.17) is 5.73 Å². The van der Waals surface area contributed by atoms with Gasteiger partial charge in [0.2, 0.25) is 0 Å². The van der Waals surface area contributed by atoms with E-state index in [2.05, 4.69) is 0 Å². The van der Waals surface area contributed by atoms with Crippen molar-refractivity contribution in [3.8, 4) is 0 Å². The van der Waals surface area contributed by atoms with Gasteiger partial charge < -0.3 is 5.73 Å². The third-order valence-corrected chi connectivity index (χ3v) is 2.08. The summed E-state index contributed by atoms with van der Waals surface area (Å²) in [5.74, 6) is 0. The maximum atomic E-state index is 13.2. The summed E-state index contributed by atoms with van der Waals surface area (Å²) < 4.78 is 13.2. The van der Waals surface area contributed by atoms with Crippen LogP contribution in [0.3, 0.4) is 0 Å². The second kappa shape index (κ2) is 3.46. The zero-order chi connectivity index (χ0) is 10.1. The van der Waals surface area contributed by atoms with Crippen LogP contribution in [0, 0.1) is 0 Å². The van der Waals surface area contributed by atoms with Gasteiger partial charge in [-0.3, -0.25) is 0 Å². The number of hydrogen-bond acceptors (Lipinski definition) is 1. The predicted octanol–water partition coefficient (Wildman–Crippen LogP) is 2.91. The van der Waals surface area contributed by atoms with Crippen LogP contribution in [-0.4, -0.2) is 0 Å². The Kier molecular flexibility index (Phi) is 2.71. The Balaban J connectivity index is 3.20. The first-order valence-electron chi connectivity index (χ1n) is 4.45. The Hall–Kier alpha value is -0.890. The van der Waals surface area contributed by atoms with E-state index >= 15 is 0 Å². The summed E-state index contributed by atoms with van der Waals surface area (Å²) in [4.78, 5) is 0. The minimum atomic E-state index is -0.959. The van der Waals surface area contributed by atoms with Gasteiger partial charge in [0.15, 0.2) is 0 Å². The van der Waals surface area contributed by atoms with E-state index in [1.807, 2.05) is 32.0 Å². The molecule has 1 unspecified atom stereocenters. The molecular formula is C11H16FN. The van der Waals surface area contributed by atoms with Crippen LogP contribution in [-0.2, 0) is 5.54 Å². The quantitative estimate of drug-likeness (QED) is 0.745. The second-order valence-electron chi connectivity index (χ2n) is 3.92. The standard InChI is InChI=1S/C11H16FN/c1-8(12)9-6-4-5-7-10(9)11(2,3)13/h4-8H,13H2,1-3H3. The molecule has 1 aromatic rings. The van der Waals surface area contributed by atoms with Crippen LogP contribution in [0.1, 0.15) is 38.1 Å². The summed E-state index contributed by atoms with van der Waals surface area (Å²) in [5.41, 5.74) is 7.02. The maximum Gasteiger partial charge on any atom is 0.123 e. The van der Waals surface area contributed by atoms with Gasteiger partial charge in [0.1, 0.15) is 6.17 Å². The first kappa shape index (κ1) is 10.2. The molecule has 0 aromatic heterocycles. The fraction of sp³-hybridized carbons (Fsp3) is 0.455.